The van der Waals surface area contributed by atoms with Crippen molar-refractivity contribution in [3.8, 4) is 11.5 Å². The Bertz CT molecular complexity index is 957. The van der Waals surface area contributed by atoms with E-state index in [4.69, 9.17) is 9.47 Å². The molecular formula is C23H22BrNO3. The first kappa shape index (κ1) is 20.0. The van der Waals surface area contributed by atoms with Crippen molar-refractivity contribution in [2.24, 2.45) is 0 Å². The van der Waals surface area contributed by atoms with E-state index >= 15 is 0 Å². The quantitative estimate of drug-likeness (QED) is 0.501. The molecule has 1 N–H and O–H groups in total. The second-order valence-electron chi connectivity index (χ2n) is 6.23. The van der Waals surface area contributed by atoms with Crippen molar-refractivity contribution in [1.29, 1.82) is 0 Å². The summed E-state index contributed by atoms with van der Waals surface area (Å²) in [4.78, 5) is 12.8. The zero-order chi connectivity index (χ0) is 19.9. The van der Waals surface area contributed by atoms with Gasteiger partial charge in [-0.05, 0) is 51.7 Å². The Morgan fingerprint density at radius 2 is 1.75 bits per heavy atom. The number of ether oxygens (including phenoxy) is 2. The largest absolute Gasteiger partial charge is 0.493 e. The standard InChI is InChI=1S/C23H22BrNO3/c1-3-17-11-7-8-12-20(17)25-23(26)18-13-19(24)22(21(14-18)27-2)28-15-16-9-5-4-6-10-16/h4-14H,3,15H2,1-2H3,(H,25,26). The zero-order valence-electron chi connectivity index (χ0n) is 15.9. The molecule has 0 saturated carbocycles. The number of rotatable bonds is 7. The Hall–Kier alpha value is -2.79. The average Bonchev–Trinajstić information content (AvgIpc) is 2.73. The number of para-hydroxylation sites is 1. The van der Waals surface area contributed by atoms with Gasteiger partial charge in [0.05, 0.1) is 11.6 Å². The van der Waals surface area contributed by atoms with Crippen molar-refractivity contribution in [1.82, 2.24) is 0 Å². The van der Waals surface area contributed by atoms with E-state index in [9.17, 15) is 4.79 Å². The number of anilines is 1. The third-order valence-corrected chi connectivity index (χ3v) is 4.95. The number of carbonyl (C=O) groups is 1. The van der Waals surface area contributed by atoms with Crippen LogP contribution in [0.15, 0.2) is 71.2 Å². The number of hydrogen-bond donors (Lipinski definition) is 1. The first-order chi connectivity index (χ1) is 13.6. The lowest BCUT2D eigenvalue weighted by Crippen LogP contribution is -2.13. The SMILES string of the molecule is CCc1ccccc1NC(=O)c1cc(Br)c(OCc2ccccc2)c(OC)c1. The van der Waals surface area contributed by atoms with Gasteiger partial charge in [-0.1, -0.05) is 55.5 Å². The van der Waals surface area contributed by atoms with Crippen LogP contribution >= 0.6 is 15.9 Å². The van der Waals surface area contributed by atoms with Gasteiger partial charge in [-0.15, -0.1) is 0 Å². The van der Waals surface area contributed by atoms with Crippen LogP contribution in [0.3, 0.4) is 0 Å². The summed E-state index contributed by atoms with van der Waals surface area (Å²) in [5.74, 6) is 0.866. The number of benzene rings is 3. The summed E-state index contributed by atoms with van der Waals surface area (Å²) in [6.45, 7) is 2.47. The number of hydrogen-bond acceptors (Lipinski definition) is 3. The van der Waals surface area contributed by atoms with Crippen LogP contribution in [0, 0.1) is 0 Å². The molecule has 0 aliphatic rings. The van der Waals surface area contributed by atoms with E-state index in [1.165, 1.54) is 0 Å². The van der Waals surface area contributed by atoms with Gasteiger partial charge in [-0.25, -0.2) is 0 Å². The van der Waals surface area contributed by atoms with Gasteiger partial charge in [0.2, 0.25) is 0 Å². The Kier molecular flexibility index (Phi) is 6.71. The van der Waals surface area contributed by atoms with Gasteiger partial charge >= 0.3 is 0 Å². The lowest BCUT2D eigenvalue weighted by molar-refractivity contribution is 0.102. The molecule has 3 rings (SSSR count). The van der Waals surface area contributed by atoms with Gasteiger partial charge in [0, 0.05) is 11.3 Å². The molecule has 0 atom stereocenters. The Morgan fingerprint density at radius 3 is 2.46 bits per heavy atom. The van der Waals surface area contributed by atoms with Crippen molar-refractivity contribution in [3.05, 3.63) is 87.9 Å². The van der Waals surface area contributed by atoms with Crippen LogP contribution < -0.4 is 14.8 Å². The molecule has 0 aromatic heterocycles. The van der Waals surface area contributed by atoms with Gasteiger partial charge in [0.15, 0.2) is 11.5 Å². The highest BCUT2D eigenvalue weighted by Crippen LogP contribution is 2.37. The number of halogens is 1. The maximum absolute atomic E-state index is 12.8. The van der Waals surface area contributed by atoms with Crippen molar-refractivity contribution in [3.63, 3.8) is 0 Å². The van der Waals surface area contributed by atoms with Crippen LogP contribution in [0.5, 0.6) is 11.5 Å². The summed E-state index contributed by atoms with van der Waals surface area (Å²) in [6.07, 6.45) is 0.843. The summed E-state index contributed by atoms with van der Waals surface area (Å²) >= 11 is 3.51. The Morgan fingerprint density at radius 1 is 1.04 bits per heavy atom. The first-order valence-corrected chi connectivity index (χ1v) is 9.85. The highest BCUT2D eigenvalue weighted by atomic mass is 79.9. The number of aryl methyl sites for hydroxylation is 1. The molecule has 5 heteroatoms. The smallest absolute Gasteiger partial charge is 0.255 e. The van der Waals surface area contributed by atoms with E-state index in [0.29, 0.717) is 28.1 Å². The highest BCUT2D eigenvalue weighted by molar-refractivity contribution is 9.10. The van der Waals surface area contributed by atoms with Gasteiger partial charge < -0.3 is 14.8 Å². The monoisotopic (exact) mass is 439 g/mol. The maximum atomic E-state index is 12.8. The predicted octanol–water partition coefficient (Wildman–Crippen LogP) is 5.85. The molecule has 0 heterocycles. The summed E-state index contributed by atoms with van der Waals surface area (Å²) in [7, 11) is 1.56. The van der Waals surface area contributed by atoms with Crippen LogP contribution in [0.2, 0.25) is 0 Å². The van der Waals surface area contributed by atoms with Gasteiger partial charge in [0.25, 0.3) is 5.91 Å². The Labute approximate surface area is 173 Å². The second-order valence-corrected chi connectivity index (χ2v) is 7.08. The van der Waals surface area contributed by atoms with Crippen LogP contribution in [-0.2, 0) is 13.0 Å². The minimum absolute atomic E-state index is 0.200. The molecule has 3 aromatic rings. The molecule has 144 valence electrons. The highest BCUT2D eigenvalue weighted by Gasteiger charge is 2.16. The first-order valence-electron chi connectivity index (χ1n) is 9.06. The second kappa shape index (κ2) is 9.42. The van der Waals surface area contributed by atoms with Crippen LogP contribution in [0.1, 0.15) is 28.4 Å². The third kappa shape index (κ3) is 4.73. The molecular weight excluding hydrogens is 418 g/mol. The zero-order valence-corrected chi connectivity index (χ0v) is 17.5. The number of methoxy groups -OCH3 is 1. The molecule has 0 saturated heterocycles. The summed E-state index contributed by atoms with van der Waals surface area (Å²) in [5, 5.41) is 2.98. The molecule has 28 heavy (non-hydrogen) atoms. The number of nitrogens with one attached hydrogen (secondary N) is 1. The summed E-state index contributed by atoms with van der Waals surface area (Å²) in [5.41, 5.74) is 3.44. The van der Waals surface area contributed by atoms with Gasteiger partial charge in [0.1, 0.15) is 6.61 Å². The molecule has 0 fully saturated rings. The fourth-order valence-electron chi connectivity index (χ4n) is 2.87. The minimum Gasteiger partial charge on any atom is -0.493 e. The van der Waals surface area contributed by atoms with Crippen LogP contribution in [-0.4, -0.2) is 13.0 Å². The Balaban J connectivity index is 1.81. The van der Waals surface area contributed by atoms with Crippen LogP contribution in [0.4, 0.5) is 5.69 Å². The van der Waals surface area contributed by atoms with E-state index in [-0.39, 0.29) is 5.91 Å². The summed E-state index contributed by atoms with van der Waals surface area (Å²) < 4.78 is 12.1. The van der Waals surface area contributed by atoms with E-state index in [1.807, 2.05) is 54.6 Å². The van der Waals surface area contributed by atoms with Crippen molar-refractivity contribution in [2.75, 3.05) is 12.4 Å². The van der Waals surface area contributed by atoms with Crippen molar-refractivity contribution < 1.29 is 14.3 Å². The molecule has 0 bridgehead atoms. The van der Waals surface area contributed by atoms with E-state index in [2.05, 4.69) is 28.2 Å². The fraction of sp³-hybridized carbons (Fsp3) is 0.174. The van der Waals surface area contributed by atoms with Gasteiger partial charge in [-0.3, -0.25) is 4.79 Å². The van der Waals surface area contributed by atoms with Gasteiger partial charge in [-0.2, -0.15) is 0 Å². The number of amides is 1. The molecule has 0 spiro atoms. The fourth-order valence-corrected chi connectivity index (χ4v) is 3.42. The van der Waals surface area contributed by atoms with E-state index in [1.54, 1.807) is 19.2 Å². The van der Waals surface area contributed by atoms with Crippen molar-refractivity contribution >= 4 is 27.5 Å². The van der Waals surface area contributed by atoms with Crippen molar-refractivity contribution in [2.45, 2.75) is 20.0 Å². The molecule has 3 aromatic carbocycles. The number of carbonyl (C=O) groups excluding carboxylic acids is 1. The minimum atomic E-state index is -0.200. The molecule has 0 radical (unpaired) electrons. The lowest BCUT2D eigenvalue weighted by atomic mass is 10.1. The molecule has 0 aliphatic carbocycles. The topological polar surface area (TPSA) is 47.6 Å². The molecule has 0 unspecified atom stereocenters. The molecule has 4 nitrogen and oxygen atoms in total. The average molecular weight is 440 g/mol. The lowest BCUT2D eigenvalue weighted by Gasteiger charge is -2.15. The summed E-state index contributed by atoms with van der Waals surface area (Å²) in [6, 6.07) is 21.1. The third-order valence-electron chi connectivity index (χ3n) is 4.36. The van der Waals surface area contributed by atoms with E-state index in [0.717, 1.165) is 23.2 Å². The normalized spacial score (nSPS) is 10.4. The predicted molar refractivity (Wildman–Crippen MR) is 115 cm³/mol. The maximum Gasteiger partial charge on any atom is 0.255 e. The van der Waals surface area contributed by atoms with E-state index < -0.39 is 0 Å². The molecule has 1 amide bonds. The van der Waals surface area contributed by atoms with Crippen LogP contribution in [0.25, 0.3) is 0 Å². The molecule has 0 aliphatic heterocycles.